The molecule has 1 aliphatic heterocycles. The third kappa shape index (κ3) is 4.26. The molecule has 0 spiro atoms. The smallest absolute Gasteiger partial charge is 0.451 e. The van der Waals surface area contributed by atoms with Crippen LogP contribution in [-0.4, -0.2) is 48.2 Å². The van der Waals surface area contributed by atoms with Crippen molar-refractivity contribution in [3.8, 4) is 17.4 Å². The van der Waals surface area contributed by atoms with E-state index in [4.69, 9.17) is 4.74 Å². The number of alkyl halides is 3. The molecule has 0 atom stereocenters. The lowest BCUT2D eigenvalue weighted by molar-refractivity contribution is -0.147. The van der Waals surface area contributed by atoms with Crippen molar-refractivity contribution >= 4 is 5.82 Å². The maximum atomic E-state index is 14.6. The van der Waals surface area contributed by atoms with Crippen LogP contribution in [0.5, 0.6) is 5.88 Å². The van der Waals surface area contributed by atoms with Crippen LogP contribution in [0.1, 0.15) is 17.2 Å². The second-order valence-electron chi connectivity index (χ2n) is 7.70. The predicted octanol–water partition coefficient (Wildman–Crippen LogP) is 3.31. The number of benzene rings is 1. The highest BCUT2D eigenvalue weighted by Crippen LogP contribution is 2.31. The number of hydrogen-bond acceptors (Lipinski definition) is 7. The fraction of sp³-hybridized carbons (Fsp3) is 0.286. The van der Waals surface area contributed by atoms with Crippen molar-refractivity contribution in [2.24, 2.45) is 0 Å². The van der Waals surface area contributed by atoms with Gasteiger partial charge in [-0.05, 0) is 6.07 Å². The van der Waals surface area contributed by atoms with Gasteiger partial charge >= 0.3 is 6.18 Å². The molecule has 1 aliphatic rings. The Morgan fingerprint density at radius 1 is 1.06 bits per heavy atom. The monoisotopic (exact) mass is 492 g/mol. The van der Waals surface area contributed by atoms with Gasteiger partial charge in [0.2, 0.25) is 11.7 Å². The van der Waals surface area contributed by atoms with Crippen molar-refractivity contribution in [2.75, 3.05) is 18.6 Å². The average Bonchev–Trinajstić information content (AvgIpc) is 3.44. The topological polar surface area (TPSA) is 86.8 Å². The van der Waals surface area contributed by atoms with Crippen molar-refractivity contribution < 1.29 is 26.7 Å². The first kappa shape index (κ1) is 22.7. The lowest BCUT2D eigenvalue weighted by Crippen LogP contribution is -2.36. The van der Waals surface area contributed by atoms with E-state index < -0.39 is 23.6 Å². The average molecular weight is 492 g/mol. The van der Waals surface area contributed by atoms with Crippen LogP contribution >= 0.6 is 0 Å². The Morgan fingerprint density at radius 2 is 1.86 bits per heavy atom. The molecule has 9 nitrogen and oxygen atoms in total. The van der Waals surface area contributed by atoms with Gasteiger partial charge < -0.3 is 14.2 Å². The number of anilines is 1. The van der Waals surface area contributed by atoms with Gasteiger partial charge in [-0.3, -0.25) is 0 Å². The molecule has 0 saturated heterocycles. The largest absolute Gasteiger partial charge is 0.481 e. The first-order valence-corrected chi connectivity index (χ1v) is 10.4. The molecule has 0 radical (unpaired) electrons. The van der Waals surface area contributed by atoms with Crippen LogP contribution in [0.3, 0.4) is 0 Å². The molecule has 0 unspecified atom stereocenters. The van der Waals surface area contributed by atoms with Crippen molar-refractivity contribution in [3.05, 3.63) is 65.4 Å². The zero-order valence-corrected chi connectivity index (χ0v) is 18.2. The molecule has 14 heteroatoms. The van der Waals surface area contributed by atoms with Crippen molar-refractivity contribution in [1.82, 2.24) is 34.5 Å². The zero-order valence-electron chi connectivity index (χ0n) is 18.2. The Morgan fingerprint density at radius 3 is 2.60 bits per heavy atom. The lowest BCUT2D eigenvalue weighted by atomic mass is 10.2. The van der Waals surface area contributed by atoms with E-state index in [9.17, 15) is 22.0 Å². The number of hydrogen-bond donors (Lipinski definition) is 0. The van der Waals surface area contributed by atoms with E-state index in [1.165, 1.54) is 28.8 Å². The van der Waals surface area contributed by atoms with Crippen LogP contribution in [0.15, 0.2) is 36.5 Å². The van der Waals surface area contributed by atoms with Gasteiger partial charge in [-0.1, -0.05) is 18.2 Å². The lowest BCUT2D eigenvalue weighted by Gasteiger charge is -2.29. The normalized spacial score (nSPS) is 13.7. The number of nitrogens with zero attached hydrogens (tertiary/aromatic N) is 8. The highest BCUT2D eigenvalue weighted by Gasteiger charge is 2.39. The molecule has 4 heterocycles. The number of aromatic nitrogens is 7. The Bertz CT molecular complexity index is 1380. The third-order valence-corrected chi connectivity index (χ3v) is 5.49. The van der Waals surface area contributed by atoms with E-state index >= 15 is 0 Å². The van der Waals surface area contributed by atoms with Crippen LogP contribution < -0.4 is 9.64 Å². The third-order valence-electron chi connectivity index (χ3n) is 5.49. The highest BCUT2D eigenvalue weighted by atomic mass is 19.4. The minimum atomic E-state index is -4.64. The Labute approximate surface area is 194 Å². The summed E-state index contributed by atoms with van der Waals surface area (Å²) in [5.41, 5.74) is 0.635. The van der Waals surface area contributed by atoms with E-state index in [0.717, 1.165) is 10.8 Å². The van der Waals surface area contributed by atoms with Gasteiger partial charge in [-0.15, -0.1) is 10.2 Å². The first-order chi connectivity index (χ1) is 16.7. The summed E-state index contributed by atoms with van der Waals surface area (Å²) in [6.45, 7) is -0.0949. The van der Waals surface area contributed by atoms with Crippen molar-refractivity contribution in [1.29, 1.82) is 0 Å². The molecule has 1 aromatic carbocycles. The molecule has 0 aliphatic carbocycles. The second kappa shape index (κ2) is 8.60. The number of ether oxygens (including phenoxy) is 1. The Hall–Kier alpha value is -4.10. The molecule has 0 N–H and O–H groups in total. The van der Waals surface area contributed by atoms with Crippen LogP contribution in [-0.2, 0) is 25.8 Å². The van der Waals surface area contributed by atoms with Gasteiger partial charge in [-0.25, -0.2) is 23.4 Å². The highest BCUT2D eigenvalue weighted by molar-refractivity contribution is 5.55. The number of rotatable bonds is 5. The molecule has 5 rings (SSSR count). The summed E-state index contributed by atoms with van der Waals surface area (Å²) in [4.78, 5) is 9.72. The fourth-order valence-electron chi connectivity index (χ4n) is 3.83. The van der Waals surface area contributed by atoms with E-state index in [-0.39, 0.29) is 49.3 Å². The standard InChI is InChI=1S/C21H17F5N8O/c1-35-17-8-15(31-34(17)10-12-4-2-3-5-13(12)22)18-27-9-14(23)19(28-18)32-6-7-33-16(11-32)29-30-20(33)21(24,25)26/h2-5,8-9H,6-7,10-11H2,1H3. The molecule has 0 saturated carbocycles. The summed E-state index contributed by atoms with van der Waals surface area (Å²) in [7, 11) is 1.43. The maximum Gasteiger partial charge on any atom is 0.451 e. The molecule has 0 fully saturated rings. The summed E-state index contributed by atoms with van der Waals surface area (Å²) in [6, 6.07) is 7.74. The zero-order chi connectivity index (χ0) is 24.7. The summed E-state index contributed by atoms with van der Waals surface area (Å²) in [5.74, 6) is -1.95. The van der Waals surface area contributed by atoms with Crippen LogP contribution in [0, 0.1) is 11.6 Å². The summed E-state index contributed by atoms with van der Waals surface area (Å²) >= 11 is 0. The molecule has 4 aromatic rings. The van der Waals surface area contributed by atoms with Gasteiger partial charge in [0.25, 0.3) is 0 Å². The Balaban J connectivity index is 1.44. The van der Waals surface area contributed by atoms with Crippen LogP contribution in [0.4, 0.5) is 27.8 Å². The maximum absolute atomic E-state index is 14.6. The first-order valence-electron chi connectivity index (χ1n) is 10.4. The minimum Gasteiger partial charge on any atom is -0.481 e. The van der Waals surface area contributed by atoms with E-state index in [2.05, 4.69) is 25.3 Å². The number of halogens is 5. The van der Waals surface area contributed by atoms with E-state index in [1.54, 1.807) is 18.2 Å². The minimum absolute atomic E-state index is 0.0407. The SMILES string of the molecule is COc1cc(-c2ncc(F)c(N3CCn4c(nnc4C(F)(F)F)C3)n2)nn1Cc1ccccc1F. The molecule has 182 valence electrons. The van der Waals surface area contributed by atoms with Crippen molar-refractivity contribution in [3.63, 3.8) is 0 Å². The Kier molecular flexibility index (Phi) is 5.57. The van der Waals surface area contributed by atoms with Crippen LogP contribution in [0.25, 0.3) is 11.5 Å². The fourth-order valence-corrected chi connectivity index (χ4v) is 3.83. The van der Waals surface area contributed by atoms with Crippen LogP contribution in [0.2, 0.25) is 0 Å². The molecule has 3 aromatic heterocycles. The molecular weight excluding hydrogens is 475 g/mol. The second-order valence-corrected chi connectivity index (χ2v) is 7.70. The van der Waals surface area contributed by atoms with Gasteiger partial charge in [0.15, 0.2) is 23.3 Å². The summed E-state index contributed by atoms with van der Waals surface area (Å²) in [6.07, 6.45) is -3.68. The van der Waals surface area contributed by atoms with Gasteiger partial charge in [0, 0.05) is 24.7 Å². The van der Waals surface area contributed by atoms with Gasteiger partial charge in [0.1, 0.15) is 11.5 Å². The quantitative estimate of drug-likeness (QED) is 0.395. The van der Waals surface area contributed by atoms with Crippen molar-refractivity contribution in [2.45, 2.75) is 25.8 Å². The molecule has 0 bridgehead atoms. The molecule has 0 amide bonds. The summed E-state index contributed by atoms with van der Waals surface area (Å²) < 4.78 is 75.7. The number of methoxy groups -OCH3 is 1. The van der Waals surface area contributed by atoms with Gasteiger partial charge in [0.05, 0.1) is 26.4 Å². The van der Waals surface area contributed by atoms with E-state index in [1.807, 2.05) is 0 Å². The van der Waals surface area contributed by atoms with E-state index in [0.29, 0.717) is 11.4 Å². The molecule has 35 heavy (non-hydrogen) atoms. The number of fused-ring (bicyclic) bond motifs is 1. The predicted molar refractivity (Wildman–Crippen MR) is 111 cm³/mol. The molecular formula is C21H17F5N8O. The van der Waals surface area contributed by atoms with Gasteiger partial charge in [-0.2, -0.15) is 18.3 Å². The summed E-state index contributed by atoms with van der Waals surface area (Å²) in [5, 5.41) is 11.2.